The second-order valence-corrected chi connectivity index (χ2v) is 4.50. The van der Waals surface area contributed by atoms with Crippen LogP contribution in [-0.4, -0.2) is 11.5 Å². The van der Waals surface area contributed by atoms with Crippen molar-refractivity contribution in [1.29, 1.82) is 0 Å². The van der Waals surface area contributed by atoms with Crippen LogP contribution in [0.1, 0.15) is 30.3 Å². The summed E-state index contributed by atoms with van der Waals surface area (Å²) in [5.74, 6) is 2.11. The van der Waals surface area contributed by atoms with E-state index in [1.54, 1.807) is 6.26 Å². The van der Waals surface area contributed by atoms with Gasteiger partial charge in [0.15, 0.2) is 0 Å². The molecule has 0 bridgehead atoms. The summed E-state index contributed by atoms with van der Waals surface area (Å²) in [6.07, 6.45) is 4.08. The number of rotatable bonds is 2. The predicted molar refractivity (Wildman–Crippen MR) is 67.0 cm³/mol. The second kappa shape index (κ2) is 4.24. The molecule has 3 heterocycles. The first-order valence-corrected chi connectivity index (χ1v) is 6.08. The fraction of sp³-hybridized carbons (Fsp3) is 0.357. The van der Waals surface area contributed by atoms with Gasteiger partial charge in [-0.1, -0.05) is 6.07 Å². The first-order valence-electron chi connectivity index (χ1n) is 6.08. The topological polar surface area (TPSA) is 29.3 Å². The van der Waals surface area contributed by atoms with Crippen LogP contribution in [-0.2, 0) is 0 Å². The Kier molecular flexibility index (Phi) is 2.59. The average Bonchev–Trinajstić information content (AvgIpc) is 3.00. The maximum Gasteiger partial charge on any atom is 0.129 e. The van der Waals surface area contributed by atoms with Crippen LogP contribution >= 0.6 is 0 Å². The lowest BCUT2D eigenvalue weighted by atomic mass is 10.1. The van der Waals surface area contributed by atoms with Crippen molar-refractivity contribution in [2.24, 2.45) is 0 Å². The van der Waals surface area contributed by atoms with Crippen LogP contribution in [0.2, 0.25) is 0 Å². The molecule has 0 spiro atoms. The second-order valence-electron chi connectivity index (χ2n) is 4.50. The molecule has 1 aliphatic rings. The van der Waals surface area contributed by atoms with Crippen molar-refractivity contribution < 1.29 is 4.42 Å². The van der Waals surface area contributed by atoms with E-state index >= 15 is 0 Å². The molecule has 0 saturated carbocycles. The van der Waals surface area contributed by atoms with E-state index in [1.165, 1.54) is 6.42 Å². The molecule has 1 atom stereocenters. The molecule has 0 radical (unpaired) electrons. The zero-order valence-electron chi connectivity index (χ0n) is 9.97. The van der Waals surface area contributed by atoms with Crippen LogP contribution < -0.4 is 4.90 Å². The van der Waals surface area contributed by atoms with Gasteiger partial charge in [-0.25, -0.2) is 4.98 Å². The van der Waals surface area contributed by atoms with Gasteiger partial charge in [-0.3, -0.25) is 0 Å². The van der Waals surface area contributed by atoms with E-state index in [2.05, 4.69) is 28.1 Å². The normalized spacial score (nSPS) is 19.8. The third-order valence-electron chi connectivity index (χ3n) is 3.29. The van der Waals surface area contributed by atoms with Crippen LogP contribution in [0.15, 0.2) is 41.0 Å². The van der Waals surface area contributed by atoms with E-state index in [0.717, 1.165) is 30.2 Å². The fourth-order valence-corrected chi connectivity index (χ4v) is 2.51. The lowest BCUT2D eigenvalue weighted by Gasteiger charge is -2.24. The Bertz CT molecular complexity index is 493. The molecule has 1 fully saturated rings. The Balaban J connectivity index is 1.92. The van der Waals surface area contributed by atoms with Gasteiger partial charge < -0.3 is 9.32 Å². The standard InChI is InChI=1S/C14H16N2O/c1-11-5-2-8-14(15-11)16-9-3-6-12(16)13-7-4-10-17-13/h2,4-5,7-8,10,12H,3,6,9H2,1H3. The number of furan rings is 1. The Labute approximate surface area is 101 Å². The van der Waals surface area contributed by atoms with Crippen molar-refractivity contribution in [1.82, 2.24) is 4.98 Å². The van der Waals surface area contributed by atoms with Gasteiger partial charge in [0.2, 0.25) is 0 Å². The first kappa shape index (κ1) is 10.4. The smallest absolute Gasteiger partial charge is 0.129 e. The molecule has 1 unspecified atom stereocenters. The molecule has 88 valence electrons. The number of hydrogen-bond donors (Lipinski definition) is 0. The average molecular weight is 228 g/mol. The van der Waals surface area contributed by atoms with E-state index in [9.17, 15) is 0 Å². The molecule has 2 aromatic rings. The van der Waals surface area contributed by atoms with Crippen LogP contribution in [0.5, 0.6) is 0 Å². The lowest BCUT2D eigenvalue weighted by molar-refractivity contribution is 0.464. The molecule has 17 heavy (non-hydrogen) atoms. The predicted octanol–water partition coefficient (Wildman–Crippen LogP) is 3.32. The van der Waals surface area contributed by atoms with Crippen LogP contribution in [0.4, 0.5) is 5.82 Å². The van der Waals surface area contributed by atoms with Gasteiger partial charge >= 0.3 is 0 Å². The van der Waals surface area contributed by atoms with Gasteiger partial charge in [0.1, 0.15) is 11.6 Å². The van der Waals surface area contributed by atoms with E-state index < -0.39 is 0 Å². The fourth-order valence-electron chi connectivity index (χ4n) is 2.51. The Morgan fingerprint density at radius 1 is 1.29 bits per heavy atom. The quantitative estimate of drug-likeness (QED) is 0.789. The molecule has 0 aliphatic carbocycles. The van der Waals surface area contributed by atoms with Crippen molar-refractivity contribution in [3.05, 3.63) is 48.0 Å². The minimum atomic E-state index is 0.347. The summed E-state index contributed by atoms with van der Waals surface area (Å²) in [5.41, 5.74) is 1.06. The molecule has 1 saturated heterocycles. The Morgan fingerprint density at radius 3 is 3.00 bits per heavy atom. The van der Waals surface area contributed by atoms with Gasteiger partial charge in [-0.15, -0.1) is 0 Å². The van der Waals surface area contributed by atoms with Gasteiger partial charge in [0.25, 0.3) is 0 Å². The monoisotopic (exact) mass is 228 g/mol. The third-order valence-corrected chi connectivity index (χ3v) is 3.29. The van der Waals surface area contributed by atoms with Gasteiger partial charge in [-0.05, 0) is 44.0 Å². The highest BCUT2D eigenvalue weighted by Crippen LogP contribution is 2.35. The molecule has 2 aromatic heterocycles. The number of aryl methyl sites for hydroxylation is 1. The summed E-state index contributed by atoms with van der Waals surface area (Å²) in [6, 6.07) is 10.5. The van der Waals surface area contributed by atoms with Crippen LogP contribution in [0, 0.1) is 6.92 Å². The summed E-state index contributed by atoms with van der Waals surface area (Å²) in [4.78, 5) is 6.94. The molecule has 3 rings (SSSR count). The Morgan fingerprint density at radius 2 is 2.24 bits per heavy atom. The summed E-state index contributed by atoms with van der Waals surface area (Å²) < 4.78 is 5.53. The van der Waals surface area contributed by atoms with Crippen molar-refractivity contribution in [3.8, 4) is 0 Å². The van der Waals surface area contributed by atoms with Crippen LogP contribution in [0.25, 0.3) is 0 Å². The van der Waals surface area contributed by atoms with Crippen molar-refractivity contribution in [3.63, 3.8) is 0 Å². The molecule has 0 amide bonds. The van der Waals surface area contributed by atoms with E-state index in [0.29, 0.717) is 6.04 Å². The number of aromatic nitrogens is 1. The van der Waals surface area contributed by atoms with Gasteiger partial charge in [-0.2, -0.15) is 0 Å². The minimum Gasteiger partial charge on any atom is -0.467 e. The SMILES string of the molecule is Cc1cccc(N2CCCC2c2ccco2)n1. The largest absolute Gasteiger partial charge is 0.467 e. The molecule has 1 aliphatic heterocycles. The maximum absolute atomic E-state index is 5.53. The molecular formula is C14H16N2O. The Hall–Kier alpha value is -1.77. The molecule has 0 N–H and O–H groups in total. The highest BCUT2D eigenvalue weighted by atomic mass is 16.3. The zero-order chi connectivity index (χ0) is 11.7. The van der Waals surface area contributed by atoms with E-state index in [1.807, 2.05) is 19.1 Å². The lowest BCUT2D eigenvalue weighted by Crippen LogP contribution is -2.23. The molecule has 0 aromatic carbocycles. The number of nitrogens with zero attached hydrogens (tertiary/aromatic N) is 2. The van der Waals surface area contributed by atoms with Gasteiger partial charge in [0, 0.05) is 12.2 Å². The number of hydrogen-bond acceptors (Lipinski definition) is 3. The highest BCUT2D eigenvalue weighted by Gasteiger charge is 2.28. The van der Waals surface area contributed by atoms with Gasteiger partial charge in [0.05, 0.1) is 12.3 Å². The van der Waals surface area contributed by atoms with Crippen LogP contribution in [0.3, 0.4) is 0 Å². The molecular weight excluding hydrogens is 212 g/mol. The molecule has 3 nitrogen and oxygen atoms in total. The number of anilines is 1. The third kappa shape index (κ3) is 1.93. The number of pyridine rings is 1. The van der Waals surface area contributed by atoms with E-state index in [-0.39, 0.29) is 0 Å². The zero-order valence-corrected chi connectivity index (χ0v) is 9.97. The summed E-state index contributed by atoms with van der Waals surface area (Å²) in [7, 11) is 0. The minimum absolute atomic E-state index is 0.347. The maximum atomic E-state index is 5.53. The van der Waals surface area contributed by atoms with Crippen molar-refractivity contribution in [2.75, 3.05) is 11.4 Å². The summed E-state index contributed by atoms with van der Waals surface area (Å²) >= 11 is 0. The highest BCUT2D eigenvalue weighted by molar-refractivity contribution is 5.43. The summed E-state index contributed by atoms with van der Waals surface area (Å²) in [5, 5.41) is 0. The van der Waals surface area contributed by atoms with E-state index in [4.69, 9.17) is 4.42 Å². The first-order chi connectivity index (χ1) is 8.34. The van der Waals surface area contributed by atoms with Crippen molar-refractivity contribution in [2.45, 2.75) is 25.8 Å². The van der Waals surface area contributed by atoms with Crippen molar-refractivity contribution >= 4 is 5.82 Å². The summed E-state index contributed by atoms with van der Waals surface area (Å²) in [6.45, 7) is 3.09. The molecule has 3 heteroatoms.